The summed E-state index contributed by atoms with van der Waals surface area (Å²) in [6, 6.07) is 0.721. The molecule has 0 aliphatic rings. The third-order valence-corrected chi connectivity index (χ3v) is 4.91. The highest BCUT2D eigenvalue weighted by Gasteiger charge is 2.28. The van der Waals surface area contributed by atoms with E-state index in [2.05, 4.69) is 0 Å². The van der Waals surface area contributed by atoms with Crippen molar-refractivity contribution >= 4 is 48.9 Å². The Kier molecular flexibility index (Phi) is 6.71. The van der Waals surface area contributed by atoms with Gasteiger partial charge in [-0.3, -0.25) is 0 Å². The van der Waals surface area contributed by atoms with Crippen molar-refractivity contribution in [3.8, 4) is 0 Å². The smallest absolute Gasteiger partial charge is 0.339 e. The second kappa shape index (κ2) is 7.63. The van der Waals surface area contributed by atoms with E-state index < -0.39 is 41.3 Å². The van der Waals surface area contributed by atoms with Crippen LogP contribution in [0.5, 0.6) is 0 Å². The van der Waals surface area contributed by atoms with Gasteiger partial charge in [0.2, 0.25) is 0 Å². The van der Waals surface area contributed by atoms with Crippen LogP contribution >= 0.6 is 33.9 Å². The number of halogens is 4. The summed E-state index contributed by atoms with van der Waals surface area (Å²) in [6.07, 6.45) is 2.43. The van der Waals surface area contributed by atoms with Crippen LogP contribution in [0.2, 0.25) is 10.0 Å². The molecular formula is C12H12Cl3FO4S. The number of carbonyl (C=O) groups excluding carboxylic acids is 1. The molecule has 0 radical (unpaired) electrons. The SMILES string of the molecule is CCCCCOC(=O)c1cc(F)c(Cl)c(S(=O)(=O)Cl)c1Cl. The van der Waals surface area contributed by atoms with Crippen LogP contribution in [0.1, 0.15) is 36.5 Å². The molecule has 1 aromatic rings. The summed E-state index contributed by atoms with van der Waals surface area (Å²) in [5.41, 5.74) is -0.436. The Hall–Kier alpha value is -0.560. The average Bonchev–Trinajstić information content (AvgIpc) is 2.37. The van der Waals surface area contributed by atoms with Gasteiger partial charge in [0.05, 0.1) is 22.2 Å². The molecule has 0 aliphatic heterocycles. The molecular weight excluding hydrogens is 366 g/mol. The Morgan fingerprint density at radius 1 is 1.29 bits per heavy atom. The first-order valence-electron chi connectivity index (χ1n) is 5.99. The maximum atomic E-state index is 13.6. The summed E-state index contributed by atoms with van der Waals surface area (Å²) in [5, 5.41) is -1.32. The first-order valence-corrected chi connectivity index (χ1v) is 9.06. The lowest BCUT2D eigenvalue weighted by Crippen LogP contribution is -2.10. The molecule has 0 aromatic heterocycles. The van der Waals surface area contributed by atoms with E-state index in [4.69, 9.17) is 38.6 Å². The number of rotatable bonds is 6. The molecule has 0 N–H and O–H groups in total. The standard InChI is InChI=1S/C12H12Cl3FO4S/c1-2-3-4-5-20-12(17)7-6-8(16)10(14)11(9(7)13)21(15,18)19/h6H,2-5H2,1H3. The number of ether oxygens (including phenoxy) is 1. The highest BCUT2D eigenvalue weighted by Crippen LogP contribution is 2.36. The molecule has 118 valence electrons. The molecule has 0 spiro atoms. The Morgan fingerprint density at radius 2 is 1.90 bits per heavy atom. The molecule has 0 aliphatic carbocycles. The van der Waals surface area contributed by atoms with Gasteiger partial charge >= 0.3 is 5.97 Å². The summed E-state index contributed by atoms with van der Waals surface area (Å²) >= 11 is 11.3. The minimum atomic E-state index is -4.41. The number of carbonyl (C=O) groups is 1. The molecule has 0 bridgehead atoms. The topological polar surface area (TPSA) is 60.4 Å². The van der Waals surface area contributed by atoms with Crippen molar-refractivity contribution in [3.05, 3.63) is 27.5 Å². The normalized spacial score (nSPS) is 11.5. The van der Waals surface area contributed by atoms with E-state index in [0.29, 0.717) is 6.42 Å². The predicted octanol–water partition coefficient (Wildman–Crippen LogP) is 4.41. The van der Waals surface area contributed by atoms with E-state index in [9.17, 15) is 17.6 Å². The molecule has 0 heterocycles. The zero-order valence-electron chi connectivity index (χ0n) is 11.0. The number of esters is 1. The Morgan fingerprint density at radius 3 is 2.43 bits per heavy atom. The lowest BCUT2D eigenvalue weighted by Gasteiger charge is -2.10. The van der Waals surface area contributed by atoms with Gasteiger partial charge in [0, 0.05) is 10.7 Å². The van der Waals surface area contributed by atoms with Crippen molar-refractivity contribution in [1.82, 2.24) is 0 Å². The predicted molar refractivity (Wildman–Crippen MR) is 79.3 cm³/mol. The van der Waals surface area contributed by atoms with Crippen LogP contribution < -0.4 is 0 Å². The van der Waals surface area contributed by atoms with Gasteiger partial charge in [-0.05, 0) is 12.5 Å². The molecule has 1 rings (SSSR count). The van der Waals surface area contributed by atoms with Crippen LogP contribution in [0.4, 0.5) is 4.39 Å². The molecule has 0 unspecified atom stereocenters. The van der Waals surface area contributed by atoms with Gasteiger partial charge in [0.25, 0.3) is 9.05 Å². The highest BCUT2D eigenvalue weighted by atomic mass is 35.7. The quantitative estimate of drug-likeness (QED) is 0.319. The third kappa shape index (κ3) is 4.71. The summed E-state index contributed by atoms with van der Waals surface area (Å²) in [5.74, 6) is -2.06. The molecule has 0 amide bonds. The van der Waals surface area contributed by atoms with Gasteiger partial charge in [-0.1, -0.05) is 43.0 Å². The summed E-state index contributed by atoms with van der Waals surface area (Å²) in [4.78, 5) is 11.0. The van der Waals surface area contributed by atoms with E-state index in [1.807, 2.05) is 6.92 Å². The highest BCUT2D eigenvalue weighted by molar-refractivity contribution is 8.14. The molecule has 0 saturated carbocycles. The van der Waals surface area contributed by atoms with Crippen molar-refractivity contribution in [3.63, 3.8) is 0 Å². The van der Waals surface area contributed by atoms with Crippen LogP contribution in [-0.2, 0) is 13.8 Å². The van der Waals surface area contributed by atoms with Crippen molar-refractivity contribution < 1.29 is 22.3 Å². The summed E-state index contributed by atoms with van der Waals surface area (Å²) < 4.78 is 41.3. The fourth-order valence-corrected chi connectivity index (χ4v) is 3.91. The lowest BCUT2D eigenvalue weighted by molar-refractivity contribution is 0.0497. The fraction of sp³-hybridized carbons (Fsp3) is 0.417. The Labute approximate surface area is 136 Å². The van der Waals surface area contributed by atoms with Crippen molar-refractivity contribution in [2.24, 2.45) is 0 Å². The fourth-order valence-electron chi connectivity index (χ4n) is 1.54. The van der Waals surface area contributed by atoms with Crippen molar-refractivity contribution in [2.75, 3.05) is 6.61 Å². The van der Waals surface area contributed by atoms with E-state index in [-0.39, 0.29) is 6.61 Å². The van der Waals surface area contributed by atoms with Gasteiger partial charge in [0.1, 0.15) is 10.7 Å². The molecule has 4 nitrogen and oxygen atoms in total. The average molecular weight is 378 g/mol. The van der Waals surface area contributed by atoms with Gasteiger partial charge in [-0.25, -0.2) is 17.6 Å². The van der Waals surface area contributed by atoms with Gasteiger partial charge in [0.15, 0.2) is 0 Å². The van der Waals surface area contributed by atoms with E-state index in [1.165, 1.54) is 0 Å². The molecule has 21 heavy (non-hydrogen) atoms. The van der Waals surface area contributed by atoms with E-state index >= 15 is 0 Å². The minimum absolute atomic E-state index is 0.121. The second-order valence-electron chi connectivity index (χ2n) is 4.14. The lowest BCUT2D eigenvalue weighted by atomic mass is 10.2. The van der Waals surface area contributed by atoms with Crippen LogP contribution in [-0.4, -0.2) is 21.0 Å². The van der Waals surface area contributed by atoms with Crippen LogP contribution in [0.3, 0.4) is 0 Å². The van der Waals surface area contributed by atoms with Crippen LogP contribution in [0, 0.1) is 5.82 Å². The molecule has 9 heteroatoms. The zero-order valence-corrected chi connectivity index (χ0v) is 14.0. The largest absolute Gasteiger partial charge is 0.462 e. The first kappa shape index (κ1) is 18.5. The summed E-state index contributed by atoms with van der Waals surface area (Å²) in [7, 11) is 0.737. The number of benzene rings is 1. The van der Waals surface area contributed by atoms with Crippen LogP contribution in [0.15, 0.2) is 11.0 Å². The van der Waals surface area contributed by atoms with Gasteiger partial charge < -0.3 is 4.74 Å². The second-order valence-corrected chi connectivity index (χ2v) is 7.40. The number of hydrogen-bond donors (Lipinski definition) is 0. The van der Waals surface area contributed by atoms with E-state index in [0.717, 1.165) is 18.9 Å². The number of hydrogen-bond acceptors (Lipinski definition) is 4. The van der Waals surface area contributed by atoms with Crippen LogP contribution in [0.25, 0.3) is 0 Å². The monoisotopic (exact) mass is 376 g/mol. The third-order valence-electron chi connectivity index (χ3n) is 2.56. The number of unbranched alkanes of at least 4 members (excludes halogenated alkanes) is 2. The minimum Gasteiger partial charge on any atom is -0.462 e. The maximum Gasteiger partial charge on any atom is 0.339 e. The molecule has 1 aromatic carbocycles. The Bertz CT molecular complexity index is 646. The van der Waals surface area contributed by atoms with Crippen molar-refractivity contribution in [2.45, 2.75) is 31.1 Å². The molecule has 0 saturated heterocycles. The maximum absolute atomic E-state index is 13.6. The van der Waals surface area contributed by atoms with Crippen molar-refractivity contribution in [1.29, 1.82) is 0 Å². The van der Waals surface area contributed by atoms with Gasteiger partial charge in [-0.15, -0.1) is 0 Å². The zero-order chi connectivity index (χ0) is 16.2. The van der Waals surface area contributed by atoms with E-state index in [1.54, 1.807) is 0 Å². The molecule has 0 atom stereocenters. The van der Waals surface area contributed by atoms with Gasteiger partial charge in [-0.2, -0.15) is 0 Å². The first-order chi connectivity index (χ1) is 9.70. The summed E-state index contributed by atoms with van der Waals surface area (Å²) in [6.45, 7) is 2.10. The Balaban J connectivity index is 3.15. The molecule has 0 fully saturated rings.